The Bertz CT molecular complexity index is 1100. The minimum Gasteiger partial charge on any atom is -0.427 e. The summed E-state index contributed by atoms with van der Waals surface area (Å²) in [6.45, 7) is 4.79. The van der Waals surface area contributed by atoms with Gasteiger partial charge in [-0.3, -0.25) is 24.0 Å². The van der Waals surface area contributed by atoms with Gasteiger partial charge in [0, 0.05) is 32.7 Å². The molecule has 0 heterocycles. The van der Waals surface area contributed by atoms with E-state index < -0.39 is 41.2 Å². The summed E-state index contributed by atoms with van der Waals surface area (Å²) in [6.07, 6.45) is 0.463. The number of carbonyl (C=O) groups excluding carboxylic acids is 5. The van der Waals surface area contributed by atoms with Crippen LogP contribution in [0.25, 0.3) is 0 Å². The molecule has 2 aromatic rings. The number of benzene rings is 2. The molecule has 0 fully saturated rings. The highest BCUT2D eigenvalue weighted by Gasteiger charge is 2.32. The molecule has 37 heavy (non-hydrogen) atoms. The third-order valence-corrected chi connectivity index (χ3v) is 5.42. The largest absolute Gasteiger partial charge is 0.427 e. The summed E-state index contributed by atoms with van der Waals surface area (Å²) < 4.78 is 5.00. The van der Waals surface area contributed by atoms with Crippen LogP contribution in [-0.4, -0.2) is 47.7 Å². The van der Waals surface area contributed by atoms with Crippen molar-refractivity contribution >= 4 is 29.6 Å². The second kappa shape index (κ2) is 13.8. The van der Waals surface area contributed by atoms with E-state index >= 15 is 0 Å². The van der Waals surface area contributed by atoms with Crippen molar-refractivity contribution in [3.8, 4) is 5.75 Å². The summed E-state index contributed by atoms with van der Waals surface area (Å²) in [4.78, 5) is 60.3. The molecule has 198 valence electrons. The van der Waals surface area contributed by atoms with Crippen LogP contribution in [0.2, 0.25) is 0 Å². The summed E-state index contributed by atoms with van der Waals surface area (Å²) in [6, 6.07) is 15.1. The standard InChI is InChI=1S/C27H34N4O6/c1-18(32)37-21-11-9-19(10-12-21)15-16-29-26(36)27(2,3)31-25(35)22(17-20-7-5-4-6-8-20)30-24(34)14-13-23(28)33/h4-12,22H,13-17H2,1-3H3,(H2,28,33)(H,29,36)(H,30,34)(H,31,35)/t22-/m1/s1. The second-order valence-corrected chi connectivity index (χ2v) is 9.13. The van der Waals surface area contributed by atoms with Crippen molar-refractivity contribution in [3.05, 3.63) is 65.7 Å². The molecule has 2 rings (SSSR count). The van der Waals surface area contributed by atoms with Crippen molar-refractivity contribution in [1.82, 2.24) is 16.0 Å². The summed E-state index contributed by atoms with van der Waals surface area (Å²) in [5.74, 6) is -1.99. The SMILES string of the molecule is CC(=O)Oc1ccc(CCNC(=O)C(C)(C)NC(=O)[C@@H](Cc2ccccc2)NC(=O)CCC(N)=O)cc1. The van der Waals surface area contributed by atoms with E-state index in [4.69, 9.17) is 10.5 Å². The fourth-order valence-electron chi connectivity index (χ4n) is 3.45. The van der Waals surface area contributed by atoms with E-state index in [1.807, 2.05) is 30.3 Å². The Labute approximate surface area is 216 Å². The molecular formula is C27H34N4O6. The highest BCUT2D eigenvalue weighted by molar-refractivity contribution is 5.94. The molecule has 5 N–H and O–H groups in total. The zero-order valence-electron chi connectivity index (χ0n) is 21.3. The molecule has 0 unspecified atom stereocenters. The number of primary amides is 1. The molecule has 10 nitrogen and oxygen atoms in total. The number of rotatable bonds is 13. The Morgan fingerprint density at radius 3 is 2.16 bits per heavy atom. The first kappa shape index (κ1) is 29.0. The number of nitrogens with one attached hydrogen (secondary N) is 3. The van der Waals surface area contributed by atoms with E-state index in [0.29, 0.717) is 18.7 Å². The van der Waals surface area contributed by atoms with Gasteiger partial charge in [0.1, 0.15) is 17.3 Å². The van der Waals surface area contributed by atoms with Crippen LogP contribution in [0.5, 0.6) is 5.75 Å². The third kappa shape index (κ3) is 10.5. The topological polar surface area (TPSA) is 157 Å². The Hall–Kier alpha value is -4.21. The maximum absolute atomic E-state index is 13.1. The van der Waals surface area contributed by atoms with Gasteiger partial charge >= 0.3 is 5.97 Å². The molecule has 0 aliphatic rings. The quantitative estimate of drug-likeness (QED) is 0.234. The van der Waals surface area contributed by atoms with Crippen LogP contribution < -0.4 is 26.4 Å². The molecule has 2 aromatic carbocycles. The maximum Gasteiger partial charge on any atom is 0.308 e. The number of hydrogen-bond donors (Lipinski definition) is 4. The van der Waals surface area contributed by atoms with Crippen LogP contribution in [-0.2, 0) is 36.8 Å². The van der Waals surface area contributed by atoms with Crippen molar-refractivity contribution < 1.29 is 28.7 Å². The predicted octanol–water partition coefficient (Wildman–Crippen LogP) is 1.16. The highest BCUT2D eigenvalue weighted by Crippen LogP contribution is 2.13. The Balaban J connectivity index is 1.96. The van der Waals surface area contributed by atoms with E-state index in [9.17, 15) is 24.0 Å². The minimum atomic E-state index is -1.26. The lowest BCUT2D eigenvalue weighted by Gasteiger charge is -2.28. The summed E-state index contributed by atoms with van der Waals surface area (Å²) in [7, 11) is 0. The lowest BCUT2D eigenvalue weighted by Crippen LogP contribution is -2.59. The normalized spacial score (nSPS) is 11.6. The smallest absolute Gasteiger partial charge is 0.308 e. The molecule has 0 saturated carbocycles. The Kier molecular flexibility index (Phi) is 10.8. The predicted molar refractivity (Wildman–Crippen MR) is 137 cm³/mol. The summed E-state index contributed by atoms with van der Waals surface area (Å²) in [5.41, 5.74) is 5.60. The van der Waals surface area contributed by atoms with Gasteiger partial charge in [0.05, 0.1) is 0 Å². The molecular weight excluding hydrogens is 476 g/mol. The number of ether oxygens (including phenoxy) is 1. The Morgan fingerprint density at radius 2 is 1.57 bits per heavy atom. The number of nitrogens with two attached hydrogens (primary N) is 1. The van der Waals surface area contributed by atoms with E-state index in [1.165, 1.54) is 6.92 Å². The number of hydrogen-bond acceptors (Lipinski definition) is 6. The molecule has 0 radical (unpaired) electrons. The first-order chi connectivity index (χ1) is 17.5. The van der Waals surface area contributed by atoms with Gasteiger partial charge in [-0.1, -0.05) is 42.5 Å². The van der Waals surface area contributed by atoms with Crippen molar-refractivity contribution in [2.45, 2.75) is 58.0 Å². The zero-order chi connectivity index (χ0) is 27.4. The maximum atomic E-state index is 13.1. The number of carbonyl (C=O) groups is 5. The van der Waals surface area contributed by atoms with Crippen LogP contribution in [0, 0.1) is 0 Å². The van der Waals surface area contributed by atoms with E-state index in [1.54, 1.807) is 38.1 Å². The molecule has 0 saturated heterocycles. The lowest BCUT2D eigenvalue weighted by molar-refractivity contribution is -0.134. The van der Waals surface area contributed by atoms with Crippen LogP contribution in [0.4, 0.5) is 0 Å². The summed E-state index contributed by atoms with van der Waals surface area (Å²) in [5, 5.41) is 8.16. The van der Waals surface area contributed by atoms with Crippen LogP contribution in [0.15, 0.2) is 54.6 Å². The average Bonchev–Trinajstić information content (AvgIpc) is 2.83. The Morgan fingerprint density at radius 1 is 0.919 bits per heavy atom. The molecule has 0 aliphatic carbocycles. The number of amides is 4. The second-order valence-electron chi connectivity index (χ2n) is 9.13. The minimum absolute atomic E-state index is 0.133. The average molecular weight is 511 g/mol. The van der Waals surface area contributed by atoms with Crippen molar-refractivity contribution in [2.75, 3.05) is 6.54 Å². The van der Waals surface area contributed by atoms with Crippen LogP contribution in [0.1, 0.15) is 44.7 Å². The van der Waals surface area contributed by atoms with Gasteiger partial charge < -0.3 is 26.4 Å². The fourth-order valence-corrected chi connectivity index (χ4v) is 3.45. The van der Waals surface area contributed by atoms with E-state index in [0.717, 1.165) is 11.1 Å². The van der Waals surface area contributed by atoms with Gasteiger partial charge in [-0.05, 0) is 43.5 Å². The first-order valence-corrected chi connectivity index (χ1v) is 12.0. The van der Waals surface area contributed by atoms with Crippen LogP contribution in [0.3, 0.4) is 0 Å². The fraction of sp³-hybridized carbons (Fsp3) is 0.370. The molecule has 4 amide bonds. The van der Waals surface area contributed by atoms with Crippen molar-refractivity contribution in [2.24, 2.45) is 5.73 Å². The zero-order valence-corrected chi connectivity index (χ0v) is 21.3. The third-order valence-electron chi connectivity index (χ3n) is 5.42. The lowest BCUT2D eigenvalue weighted by atomic mass is 10.0. The van der Waals surface area contributed by atoms with Gasteiger partial charge in [-0.2, -0.15) is 0 Å². The van der Waals surface area contributed by atoms with Gasteiger partial charge in [0.2, 0.25) is 23.6 Å². The summed E-state index contributed by atoms with van der Waals surface area (Å²) >= 11 is 0. The van der Waals surface area contributed by atoms with E-state index in [-0.39, 0.29) is 19.3 Å². The first-order valence-electron chi connectivity index (χ1n) is 12.0. The molecule has 0 bridgehead atoms. The van der Waals surface area contributed by atoms with Crippen LogP contribution >= 0.6 is 0 Å². The molecule has 1 atom stereocenters. The molecule has 0 aromatic heterocycles. The van der Waals surface area contributed by atoms with Gasteiger partial charge in [0.15, 0.2) is 0 Å². The van der Waals surface area contributed by atoms with Gasteiger partial charge in [-0.15, -0.1) is 0 Å². The monoisotopic (exact) mass is 510 g/mol. The van der Waals surface area contributed by atoms with E-state index in [2.05, 4.69) is 16.0 Å². The highest BCUT2D eigenvalue weighted by atomic mass is 16.5. The molecule has 10 heteroatoms. The molecule has 0 spiro atoms. The molecule has 0 aliphatic heterocycles. The van der Waals surface area contributed by atoms with Crippen molar-refractivity contribution in [1.29, 1.82) is 0 Å². The van der Waals surface area contributed by atoms with Crippen molar-refractivity contribution in [3.63, 3.8) is 0 Å². The number of esters is 1. The van der Waals surface area contributed by atoms with Gasteiger partial charge in [-0.25, -0.2) is 0 Å². The van der Waals surface area contributed by atoms with Gasteiger partial charge in [0.25, 0.3) is 0 Å².